The van der Waals surface area contributed by atoms with E-state index in [-0.39, 0.29) is 23.0 Å². The number of halogens is 1. The van der Waals surface area contributed by atoms with Gasteiger partial charge in [0.1, 0.15) is 11.7 Å². The summed E-state index contributed by atoms with van der Waals surface area (Å²) in [7, 11) is 0. The van der Waals surface area contributed by atoms with E-state index in [0.29, 0.717) is 26.5 Å². The van der Waals surface area contributed by atoms with E-state index in [9.17, 15) is 24.3 Å². The monoisotopic (exact) mass is 479 g/mol. The number of rotatable bonds is 8. The summed E-state index contributed by atoms with van der Waals surface area (Å²) in [5.74, 6) is -3.28. The Morgan fingerprint density at radius 1 is 1.28 bits per heavy atom. The number of anilines is 1. The molecule has 32 heavy (non-hydrogen) atoms. The molecule has 0 saturated heterocycles. The number of nitrogens with zero attached hydrogens (tertiary/aromatic N) is 1. The number of amides is 1. The lowest BCUT2D eigenvalue weighted by atomic mass is 10.1. The molecule has 3 aromatic rings. The molecule has 3 rings (SSSR count). The van der Waals surface area contributed by atoms with Gasteiger partial charge in [0.2, 0.25) is 5.95 Å². The molecule has 0 saturated carbocycles. The number of carboxylic acids is 2. The third-order valence-corrected chi connectivity index (χ3v) is 5.98. The van der Waals surface area contributed by atoms with Crippen molar-refractivity contribution in [2.45, 2.75) is 35.6 Å². The first kappa shape index (κ1) is 23.2. The quantitative estimate of drug-likeness (QED) is 0.280. The van der Waals surface area contributed by atoms with Gasteiger partial charge < -0.3 is 26.2 Å². The summed E-state index contributed by atoms with van der Waals surface area (Å²) in [6, 6.07) is 3.14. The van der Waals surface area contributed by atoms with E-state index < -0.39 is 35.9 Å². The van der Waals surface area contributed by atoms with Crippen LogP contribution < -0.4 is 16.6 Å². The first-order valence-corrected chi connectivity index (χ1v) is 10.4. The van der Waals surface area contributed by atoms with Crippen LogP contribution in [0.4, 0.5) is 5.95 Å². The van der Waals surface area contributed by atoms with E-state index in [1.807, 2.05) is 0 Å². The molecule has 1 atom stereocenters. The molecule has 0 fully saturated rings. The molecule has 2 aromatic heterocycles. The Morgan fingerprint density at radius 3 is 2.62 bits per heavy atom. The lowest BCUT2D eigenvalue weighted by molar-refractivity contribution is -0.140. The number of carbonyl (C=O) groups excluding carboxylic acids is 1. The van der Waals surface area contributed by atoms with E-state index in [0.717, 1.165) is 0 Å². The Hall–Kier alpha value is -3.51. The number of nitrogen functional groups attached to an aromatic ring is 1. The number of nitrogens with one attached hydrogen (secondary N) is 3. The van der Waals surface area contributed by atoms with E-state index in [4.69, 9.17) is 22.4 Å². The fourth-order valence-electron chi connectivity index (χ4n) is 2.96. The van der Waals surface area contributed by atoms with Crippen molar-refractivity contribution in [2.24, 2.45) is 0 Å². The summed E-state index contributed by atoms with van der Waals surface area (Å²) >= 11 is 7.47. The summed E-state index contributed by atoms with van der Waals surface area (Å²) in [4.78, 5) is 57.5. The van der Waals surface area contributed by atoms with Gasteiger partial charge in [-0.15, -0.1) is 0 Å². The normalized spacial score (nSPS) is 11.9. The summed E-state index contributed by atoms with van der Waals surface area (Å²) in [5.41, 5.74) is 6.23. The van der Waals surface area contributed by atoms with Crippen LogP contribution >= 0.6 is 23.4 Å². The molecule has 1 amide bonds. The Morgan fingerprint density at radius 2 is 2.00 bits per heavy atom. The maximum absolute atomic E-state index is 12.5. The van der Waals surface area contributed by atoms with Gasteiger partial charge in [-0.05, 0) is 31.5 Å². The molecule has 11 nitrogen and oxygen atoms in total. The second kappa shape index (κ2) is 9.32. The Balaban J connectivity index is 1.83. The zero-order valence-corrected chi connectivity index (χ0v) is 18.1. The number of carbonyl (C=O) groups is 3. The van der Waals surface area contributed by atoms with Gasteiger partial charge >= 0.3 is 11.9 Å². The second-order valence-electron chi connectivity index (χ2n) is 6.79. The third-order valence-electron chi connectivity index (χ3n) is 4.47. The van der Waals surface area contributed by atoms with Crippen LogP contribution in [0.15, 0.2) is 32.8 Å². The summed E-state index contributed by atoms with van der Waals surface area (Å²) in [5, 5.41) is 20.6. The molecule has 1 unspecified atom stereocenters. The zero-order chi connectivity index (χ0) is 23.6. The first-order valence-electron chi connectivity index (χ1n) is 9.17. The molecule has 0 aliphatic heterocycles. The van der Waals surface area contributed by atoms with Crippen molar-refractivity contribution >= 4 is 58.2 Å². The minimum atomic E-state index is -1.37. The van der Waals surface area contributed by atoms with Crippen molar-refractivity contribution in [2.75, 3.05) is 5.73 Å². The molecule has 13 heteroatoms. The van der Waals surface area contributed by atoms with Gasteiger partial charge in [0.15, 0.2) is 0 Å². The highest BCUT2D eigenvalue weighted by Crippen LogP contribution is 2.36. The molecular weight excluding hydrogens is 462 g/mol. The molecule has 1 aromatic carbocycles. The number of aryl methyl sites for hydroxylation is 1. The van der Waals surface area contributed by atoms with Crippen molar-refractivity contribution in [3.05, 3.63) is 44.8 Å². The van der Waals surface area contributed by atoms with Crippen molar-refractivity contribution in [3.8, 4) is 0 Å². The third kappa shape index (κ3) is 5.03. The predicted octanol–water partition coefficient (Wildman–Crippen LogP) is 1.99. The number of hydrogen-bond donors (Lipinski definition) is 6. The number of H-pyrrole nitrogens is 2. The predicted molar refractivity (Wildman–Crippen MR) is 117 cm³/mol. The molecule has 0 aliphatic rings. The zero-order valence-electron chi connectivity index (χ0n) is 16.6. The highest BCUT2D eigenvalue weighted by molar-refractivity contribution is 7.99. The van der Waals surface area contributed by atoms with Crippen molar-refractivity contribution in [3.63, 3.8) is 0 Å². The number of nitrogens with two attached hydrogens (primary N) is 1. The van der Waals surface area contributed by atoms with E-state index in [2.05, 4.69) is 20.3 Å². The highest BCUT2D eigenvalue weighted by Gasteiger charge is 2.23. The average Bonchev–Trinajstić information content (AvgIpc) is 2.99. The number of fused-ring (bicyclic) bond motifs is 1. The SMILES string of the molecule is Cc1[nH]c2nc(N)[nH]c(=O)c2c1Sc1ccc(C(=O)NC(CCC(=O)O)C(=O)O)c(Cl)c1. The maximum Gasteiger partial charge on any atom is 0.326 e. The molecule has 0 bridgehead atoms. The average molecular weight is 480 g/mol. The Bertz CT molecular complexity index is 1290. The number of carboxylic acid groups (broad SMARTS) is 2. The smallest absolute Gasteiger partial charge is 0.326 e. The molecule has 7 N–H and O–H groups in total. The number of benzene rings is 1. The number of aliphatic carboxylic acids is 2. The van der Waals surface area contributed by atoms with Gasteiger partial charge in [0.25, 0.3) is 11.5 Å². The Labute approximate surface area is 189 Å². The molecular formula is C19H18ClN5O6S. The van der Waals surface area contributed by atoms with E-state index in [1.54, 1.807) is 13.0 Å². The topological polar surface area (TPSA) is 191 Å². The van der Waals surface area contributed by atoms with Gasteiger partial charge in [-0.3, -0.25) is 19.4 Å². The number of hydrogen-bond acceptors (Lipinski definition) is 7. The van der Waals surface area contributed by atoms with E-state index in [1.165, 1.54) is 23.9 Å². The minimum Gasteiger partial charge on any atom is -0.481 e. The lowest BCUT2D eigenvalue weighted by Crippen LogP contribution is -2.41. The van der Waals surface area contributed by atoms with Crippen LogP contribution in [0.3, 0.4) is 0 Å². The van der Waals surface area contributed by atoms with Gasteiger partial charge in [0, 0.05) is 21.9 Å². The highest BCUT2D eigenvalue weighted by atomic mass is 35.5. The van der Waals surface area contributed by atoms with E-state index >= 15 is 0 Å². The standard InChI is InChI=1S/C19H18ClN5O6S/c1-7-14(13-15(22-7)24-19(21)25-17(13)29)32-8-2-3-9(10(20)6-8)16(28)23-11(18(30)31)4-5-12(26)27/h2-3,6,11H,4-5H2,1H3,(H,23,28)(H,26,27)(H,30,31)(H4,21,22,24,25,29). The second-order valence-corrected chi connectivity index (χ2v) is 8.29. The fraction of sp³-hybridized carbons (Fsp3) is 0.211. The first-order chi connectivity index (χ1) is 15.1. The van der Waals surface area contributed by atoms with Crippen molar-refractivity contribution < 1.29 is 24.6 Å². The summed E-state index contributed by atoms with van der Waals surface area (Å²) in [6.45, 7) is 1.77. The summed E-state index contributed by atoms with van der Waals surface area (Å²) < 4.78 is 0. The van der Waals surface area contributed by atoms with Crippen LogP contribution in [0.2, 0.25) is 5.02 Å². The lowest BCUT2D eigenvalue weighted by Gasteiger charge is -2.14. The van der Waals surface area contributed by atoms with Gasteiger partial charge in [-0.2, -0.15) is 4.98 Å². The van der Waals surface area contributed by atoms with Crippen LogP contribution in [0.5, 0.6) is 0 Å². The van der Waals surface area contributed by atoms with Crippen LogP contribution in [0.25, 0.3) is 11.0 Å². The maximum atomic E-state index is 12.5. The van der Waals surface area contributed by atoms with Gasteiger partial charge in [0.05, 0.1) is 16.0 Å². The Kier molecular flexibility index (Phi) is 6.75. The van der Waals surface area contributed by atoms with Crippen molar-refractivity contribution in [1.82, 2.24) is 20.3 Å². The fourth-order valence-corrected chi connectivity index (χ4v) is 4.34. The largest absolute Gasteiger partial charge is 0.481 e. The molecule has 0 aliphatic carbocycles. The van der Waals surface area contributed by atoms with Crippen LogP contribution in [0, 0.1) is 6.92 Å². The number of aromatic amines is 2. The van der Waals surface area contributed by atoms with Crippen molar-refractivity contribution in [1.29, 1.82) is 0 Å². The molecule has 0 radical (unpaired) electrons. The van der Waals surface area contributed by atoms with Gasteiger partial charge in [-0.25, -0.2) is 4.79 Å². The molecule has 168 valence electrons. The summed E-state index contributed by atoms with van der Waals surface area (Å²) in [6.07, 6.45) is -0.681. The van der Waals surface area contributed by atoms with Crippen LogP contribution in [-0.4, -0.2) is 49.1 Å². The van der Waals surface area contributed by atoms with Gasteiger partial charge in [-0.1, -0.05) is 23.4 Å². The number of aromatic nitrogens is 3. The molecule has 0 spiro atoms. The molecule has 2 heterocycles. The van der Waals surface area contributed by atoms with Crippen LogP contribution in [0.1, 0.15) is 28.9 Å². The van der Waals surface area contributed by atoms with Crippen LogP contribution in [-0.2, 0) is 9.59 Å². The minimum absolute atomic E-state index is 0.0123.